The number of unbranched alkanes of at least 4 members (excludes halogenated alkanes) is 1. The molecule has 1 aliphatic heterocycles. The molecule has 0 N–H and O–H groups in total. The highest BCUT2D eigenvalue weighted by molar-refractivity contribution is 7.89. The molecule has 0 atom stereocenters. The van der Waals surface area contributed by atoms with Gasteiger partial charge in [0.1, 0.15) is 5.75 Å². The first-order valence-electron chi connectivity index (χ1n) is 7.89. The van der Waals surface area contributed by atoms with Gasteiger partial charge in [-0.25, -0.2) is 8.42 Å². The second kappa shape index (κ2) is 7.79. The van der Waals surface area contributed by atoms with Crippen LogP contribution in [0.4, 0.5) is 0 Å². The average Bonchev–Trinajstić information content (AvgIpc) is 2.59. The van der Waals surface area contributed by atoms with Crippen LogP contribution in [0.3, 0.4) is 0 Å². The van der Waals surface area contributed by atoms with Gasteiger partial charge in [-0.05, 0) is 18.6 Å². The number of rotatable bonds is 6. The van der Waals surface area contributed by atoms with Gasteiger partial charge in [0, 0.05) is 26.2 Å². The van der Waals surface area contributed by atoms with Gasteiger partial charge in [-0.15, -0.1) is 0 Å². The number of methoxy groups -OCH3 is 1. The van der Waals surface area contributed by atoms with Gasteiger partial charge in [0.25, 0.3) is 5.91 Å². The third-order valence-corrected chi connectivity index (χ3v) is 5.97. The lowest BCUT2D eigenvalue weighted by Gasteiger charge is -2.34. The molecular formula is C16H24N2O4S. The smallest absolute Gasteiger partial charge is 0.257 e. The SMILES string of the molecule is CCCCS(=O)(=O)N1CCN(C(=O)c2ccccc2OC)CC1. The topological polar surface area (TPSA) is 66.9 Å². The van der Waals surface area contributed by atoms with Crippen molar-refractivity contribution in [3.63, 3.8) is 0 Å². The number of ether oxygens (including phenoxy) is 1. The molecule has 0 unspecified atom stereocenters. The van der Waals surface area contributed by atoms with E-state index in [0.29, 0.717) is 43.9 Å². The molecule has 1 aromatic rings. The number of para-hydroxylation sites is 1. The van der Waals surface area contributed by atoms with Crippen LogP contribution in [0.5, 0.6) is 5.75 Å². The number of benzene rings is 1. The number of amides is 1. The van der Waals surface area contributed by atoms with E-state index in [4.69, 9.17) is 4.74 Å². The molecule has 1 heterocycles. The lowest BCUT2D eigenvalue weighted by Crippen LogP contribution is -2.51. The van der Waals surface area contributed by atoms with E-state index in [-0.39, 0.29) is 11.7 Å². The predicted molar refractivity (Wildman–Crippen MR) is 89.2 cm³/mol. The van der Waals surface area contributed by atoms with Crippen molar-refractivity contribution in [2.24, 2.45) is 0 Å². The van der Waals surface area contributed by atoms with Crippen molar-refractivity contribution in [3.05, 3.63) is 29.8 Å². The van der Waals surface area contributed by atoms with E-state index in [0.717, 1.165) is 6.42 Å². The lowest BCUT2D eigenvalue weighted by atomic mass is 10.1. The molecule has 7 heteroatoms. The van der Waals surface area contributed by atoms with Crippen LogP contribution in [0.2, 0.25) is 0 Å². The standard InChI is InChI=1S/C16H24N2O4S/c1-3-4-13-23(20,21)18-11-9-17(10-12-18)16(19)14-7-5-6-8-15(14)22-2/h5-8H,3-4,9-13H2,1-2H3. The Kier molecular flexibility index (Phi) is 6.01. The Morgan fingerprint density at radius 1 is 1.17 bits per heavy atom. The molecule has 1 aromatic carbocycles. The maximum absolute atomic E-state index is 12.6. The van der Waals surface area contributed by atoms with Crippen LogP contribution < -0.4 is 4.74 Å². The first kappa shape index (κ1) is 17.7. The Hall–Kier alpha value is -1.60. The van der Waals surface area contributed by atoms with Crippen LogP contribution in [-0.4, -0.2) is 62.6 Å². The zero-order valence-electron chi connectivity index (χ0n) is 13.7. The minimum Gasteiger partial charge on any atom is -0.496 e. The third kappa shape index (κ3) is 4.23. The number of sulfonamides is 1. The van der Waals surface area contributed by atoms with Crippen molar-refractivity contribution in [2.45, 2.75) is 19.8 Å². The fourth-order valence-corrected chi connectivity index (χ4v) is 4.25. The molecule has 0 aliphatic carbocycles. The Morgan fingerprint density at radius 3 is 2.43 bits per heavy atom. The van der Waals surface area contributed by atoms with Gasteiger partial charge in [0.2, 0.25) is 10.0 Å². The molecule has 0 bridgehead atoms. The number of carbonyl (C=O) groups is 1. The molecule has 6 nitrogen and oxygen atoms in total. The number of nitrogens with zero attached hydrogens (tertiary/aromatic N) is 2. The fourth-order valence-electron chi connectivity index (χ4n) is 2.62. The molecule has 128 valence electrons. The minimum absolute atomic E-state index is 0.118. The normalized spacial score (nSPS) is 16.3. The largest absolute Gasteiger partial charge is 0.496 e. The Bertz CT molecular complexity index is 637. The lowest BCUT2D eigenvalue weighted by molar-refractivity contribution is 0.0694. The molecule has 2 rings (SSSR count). The summed E-state index contributed by atoms with van der Waals surface area (Å²) < 4.78 is 31.1. The summed E-state index contributed by atoms with van der Waals surface area (Å²) in [6.45, 7) is 3.49. The van der Waals surface area contributed by atoms with Crippen LogP contribution in [0.15, 0.2) is 24.3 Å². The van der Waals surface area contributed by atoms with Gasteiger partial charge in [-0.2, -0.15) is 4.31 Å². The van der Waals surface area contributed by atoms with Gasteiger partial charge in [0.05, 0.1) is 18.4 Å². The summed E-state index contributed by atoms with van der Waals surface area (Å²) >= 11 is 0. The van der Waals surface area contributed by atoms with Gasteiger partial charge < -0.3 is 9.64 Å². The molecule has 1 aliphatic rings. The first-order valence-corrected chi connectivity index (χ1v) is 9.50. The van der Waals surface area contributed by atoms with E-state index >= 15 is 0 Å². The second-order valence-corrected chi connectivity index (χ2v) is 7.65. The van der Waals surface area contributed by atoms with E-state index in [1.54, 1.807) is 23.1 Å². The molecule has 0 spiro atoms. The van der Waals surface area contributed by atoms with Gasteiger partial charge in [-0.1, -0.05) is 25.5 Å². The minimum atomic E-state index is -3.20. The van der Waals surface area contributed by atoms with Crippen molar-refractivity contribution in [3.8, 4) is 5.75 Å². The van der Waals surface area contributed by atoms with Gasteiger partial charge >= 0.3 is 0 Å². The fraction of sp³-hybridized carbons (Fsp3) is 0.562. The van der Waals surface area contributed by atoms with Crippen LogP contribution >= 0.6 is 0 Å². The number of carbonyl (C=O) groups excluding carboxylic acids is 1. The van der Waals surface area contributed by atoms with Crippen LogP contribution in [0, 0.1) is 0 Å². The number of hydrogen-bond acceptors (Lipinski definition) is 4. The Labute approximate surface area is 138 Å². The molecule has 0 radical (unpaired) electrons. The maximum atomic E-state index is 12.6. The van der Waals surface area contributed by atoms with Crippen LogP contribution in [0.25, 0.3) is 0 Å². The highest BCUT2D eigenvalue weighted by atomic mass is 32.2. The van der Waals surface area contributed by atoms with E-state index in [9.17, 15) is 13.2 Å². The zero-order chi connectivity index (χ0) is 16.9. The van der Waals surface area contributed by atoms with E-state index < -0.39 is 10.0 Å². The van der Waals surface area contributed by atoms with Gasteiger partial charge in [-0.3, -0.25) is 4.79 Å². The molecule has 1 amide bonds. The summed E-state index contributed by atoms with van der Waals surface area (Å²) in [4.78, 5) is 14.3. The number of piperazine rings is 1. The van der Waals surface area contributed by atoms with Gasteiger partial charge in [0.15, 0.2) is 0 Å². The predicted octanol–water partition coefficient (Wildman–Crippen LogP) is 1.58. The Balaban J connectivity index is 2.00. The van der Waals surface area contributed by atoms with E-state index in [1.165, 1.54) is 11.4 Å². The van der Waals surface area contributed by atoms with Crippen molar-refractivity contribution in [2.75, 3.05) is 39.0 Å². The third-order valence-electron chi connectivity index (χ3n) is 4.01. The maximum Gasteiger partial charge on any atom is 0.257 e. The van der Waals surface area contributed by atoms with Crippen LogP contribution in [-0.2, 0) is 10.0 Å². The van der Waals surface area contributed by atoms with Crippen molar-refractivity contribution in [1.29, 1.82) is 0 Å². The first-order chi connectivity index (χ1) is 11.0. The summed E-state index contributed by atoms with van der Waals surface area (Å²) in [6.07, 6.45) is 1.52. The summed E-state index contributed by atoms with van der Waals surface area (Å²) in [6, 6.07) is 7.08. The quantitative estimate of drug-likeness (QED) is 0.789. The monoisotopic (exact) mass is 340 g/mol. The zero-order valence-corrected chi connectivity index (χ0v) is 14.5. The van der Waals surface area contributed by atoms with E-state index in [2.05, 4.69) is 0 Å². The Morgan fingerprint density at radius 2 is 1.83 bits per heavy atom. The summed E-state index contributed by atoms with van der Waals surface area (Å²) in [5.74, 6) is 0.604. The molecule has 1 saturated heterocycles. The van der Waals surface area contributed by atoms with Crippen molar-refractivity contribution >= 4 is 15.9 Å². The highest BCUT2D eigenvalue weighted by Gasteiger charge is 2.29. The number of hydrogen-bond donors (Lipinski definition) is 0. The summed E-state index contributed by atoms with van der Waals surface area (Å²) in [5.41, 5.74) is 0.511. The highest BCUT2D eigenvalue weighted by Crippen LogP contribution is 2.20. The molecule has 1 fully saturated rings. The van der Waals surface area contributed by atoms with Crippen molar-refractivity contribution in [1.82, 2.24) is 9.21 Å². The summed E-state index contributed by atoms with van der Waals surface area (Å²) in [7, 11) is -1.67. The van der Waals surface area contributed by atoms with Crippen molar-refractivity contribution < 1.29 is 17.9 Å². The molecule has 0 saturated carbocycles. The molecule has 0 aromatic heterocycles. The average molecular weight is 340 g/mol. The van der Waals surface area contributed by atoms with Crippen LogP contribution in [0.1, 0.15) is 30.1 Å². The van der Waals surface area contributed by atoms with E-state index in [1.807, 2.05) is 13.0 Å². The molecular weight excluding hydrogens is 316 g/mol. The summed E-state index contributed by atoms with van der Waals surface area (Å²) in [5, 5.41) is 0. The molecule has 23 heavy (non-hydrogen) atoms. The second-order valence-electron chi connectivity index (χ2n) is 5.56.